The van der Waals surface area contributed by atoms with Crippen LogP contribution in [-0.2, 0) is 16.6 Å². The predicted octanol–water partition coefficient (Wildman–Crippen LogP) is 3.75. The molecule has 0 fully saturated rings. The summed E-state index contributed by atoms with van der Waals surface area (Å²) < 4.78 is 29.4. The lowest BCUT2D eigenvalue weighted by Gasteiger charge is -2.24. The van der Waals surface area contributed by atoms with Crippen LogP contribution < -0.4 is 15.6 Å². The van der Waals surface area contributed by atoms with Crippen molar-refractivity contribution in [3.05, 3.63) is 83.9 Å². The summed E-state index contributed by atoms with van der Waals surface area (Å²) in [6.07, 6.45) is -0.536. The van der Waals surface area contributed by atoms with Crippen LogP contribution in [0.2, 0.25) is 0 Å². The summed E-state index contributed by atoms with van der Waals surface area (Å²) in [4.78, 5) is 14.6. The van der Waals surface area contributed by atoms with Gasteiger partial charge in [-0.3, -0.25) is 0 Å². The first-order valence-electron chi connectivity index (χ1n) is 10.8. The van der Waals surface area contributed by atoms with Crippen molar-refractivity contribution < 1.29 is 23.2 Å². The van der Waals surface area contributed by atoms with Crippen LogP contribution in [0.25, 0.3) is 11.1 Å². The van der Waals surface area contributed by atoms with E-state index in [4.69, 9.17) is 20.8 Å². The Morgan fingerprint density at radius 2 is 1.74 bits per heavy atom. The summed E-state index contributed by atoms with van der Waals surface area (Å²) >= 11 is 0. The molecule has 0 bridgehead atoms. The zero-order valence-corrected chi connectivity index (χ0v) is 20.3. The first-order chi connectivity index (χ1) is 16.6. The number of hydrogen-bond acceptors (Lipinski definition) is 6. The minimum absolute atomic E-state index is 0.0157. The van der Waals surface area contributed by atoms with Crippen molar-refractivity contribution in [3.8, 4) is 16.9 Å². The molecule has 184 valence electrons. The van der Waals surface area contributed by atoms with Gasteiger partial charge in [0.25, 0.3) is 0 Å². The number of amidine groups is 1. The maximum Gasteiger partial charge on any atom is 0.415 e. The standard InChI is InChI=1S/C25H28N4O5S/c1-17(2)15-29(16-18-6-5-7-20(14-18)24(26)28-31)25(30)34-21-12-10-19(11-13-21)22-8-3-4-9-23(22)35(27,32)33/h3-14,17,31H,15-16H2,1-2H3,(H2,26,28)(H2,27,32,33). The SMILES string of the molecule is CC(C)CN(Cc1cccc(C(N)=NO)c1)C(=O)Oc1ccc(-c2ccccc2S(N)(=O)=O)cc1. The smallest absolute Gasteiger partial charge is 0.410 e. The van der Waals surface area contributed by atoms with E-state index in [2.05, 4.69) is 5.16 Å². The molecule has 0 saturated heterocycles. The number of rotatable bonds is 8. The number of carbonyl (C=O) groups is 1. The van der Waals surface area contributed by atoms with Gasteiger partial charge >= 0.3 is 6.09 Å². The van der Waals surface area contributed by atoms with Crippen molar-refractivity contribution in [2.75, 3.05) is 6.54 Å². The molecule has 10 heteroatoms. The third kappa shape index (κ3) is 6.81. The minimum Gasteiger partial charge on any atom is -0.410 e. The molecule has 3 aromatic rings. The fourth-order valence-electron chi connectivity index (χ4n) is 3.57. The average Bonchev–Trinajstić information content (AvgIpc) is 2.83. The average molecular weight is 497 g/mol. The predicted molar refractivity (Wildman–Crippen MR) is 133 cm³/mol. The van der Waals surface area contributed by atoms with Gasteiger partial charge in [0, 0.05) is 24.2 Å². The minimum atomic E-state index is -3.89. The van der Waals surface area contributed by atoms with Gasteiger partial charge in [-0.05, 0) is 41.3 Å². The number of ether oxygens (including phenoxy) is 1. The lowest BCUT2D eigenvalue weighted by Crippen LogP contribution is -2.36. The highest BCUT2D eigenvalue weighted by Gasteiger charge is 2.19. The number of hydrogen-bond donors (Lipinski definition) is 3. The summed E-state index contributed by atoms with van der Waals surface area (Å²) in [6, 6.07) is 20.0. The second kappa shape index (κ2) is 11.0. The van der Waals surface area contributed by atoms with Gasteiger partial charge in [0.15, 0.2) is 5.84 Å². The van der Waals surface area contributed by atoms with E-state index in [1.807, 2.05) is 19.9 Å². The number of primary sulfonamides is 1. The summed E-state index contributed by atoms with van der Waals surface area (Å²) in [7, 11) is -3.89. The van der Waals surface area contributed by atoms with Crippen LogP contribution in [0, 0.1) is 5.92 Å². The summed E-state index contributed by atoms with van der Waals surface area (Å²) in [5, 5.41) is 17.3. The highest BCUT2D eigenvalue weighted by molar-refractivity contribution is 7.89. The molecule has 35 heavy (non-hydrogen) atoms. The van der Waals surface area contributed by atoms with Gasteiger partial charge in [0.2, 0.25) is 10.0 Å². The summed E-state index contributed by atoms with van der Waals surface area (Å²) in [6.45, 7) is 4.70. The second-order valence-corrected chi connectivity index (χ2v) is 9.92. The Morgan fingerprint density at radius 3 is 2.37 bits per heavy atom. The van der Waals surface area contributed by atoms with Crippen LogP contribution in [0.3, 0.4) is 0 Å². The molecule has 0 unspecified atom stereocenters. The number of carbonyl (C=O) groups excluding carboxylic acids is 1. The largest absolute Gasteiger partial charge is 0.415 e. The van der Waals surface area contributed by atoms with Crippen molar-refractivity contribution in [2.24, 2.45) is 21.9 Å². The molecule has 3 aromatic carbocycles. The lowest BCUT2D eigenvalue weighted by molar-refractivity contribution is 0.143. The molecule has 0 radical (unpaired) electrons. The zero-order valence-electron chi connectivity index (χ0n) is 19.5. The summed E-state index contributed by atoms with van der Waals surface area (Å²) in [5.74, 6) is 0.479. The van der Waals surface area contributed by atoms with Gasteiger partial charge in [-0.1, -0.05) is 67.5 Å². The number of oxime groups is 1. The van der Waals surface area contributed by atoms with E-state index in [1.54, 1.807) is 65.6 Å². The Labute approximate surface area is 204 Å². The van der Waals surface area contributed by atoms with Crippen molar-refractivity contribution in [2.45, 2.75) is 25.3 Å². The topological polar surface area (TPSA) is 148 Å². The third-order valence-corrected chi connectivity index (χ3v) is 6.08. The van der Waals surface area contributed by atoms with Crippen LogP contribution in [-0.4, -0.2) is 37.0 Å². The number of amides is 1. The highest BCUT2D eigenvalue weighted by Crippen LogP contribution is 2.28. The van der Waals surface area contributed by atoms with Crippen LogP contribution in [0.4, 0.5) is 4.79 Å². The van der Waals surface area contributed by atoms with E-state index in [-0.39, 0.29) is 23.2 Å². The fourth-order valence-corrected chi connectivity index (χ4v) is 4.33. The first-order valence-corrected chi connectivity index (χ1v) is 12.4. The molecule has 1 amide bonds. The maximum absolute atomic E-state index is 13.0. The van der Waals surface area contributed by atoms with E-state index < -0.39 is 16.1 Å². The van der Waals surface area contributed by atoms with Crippen molar-refractivity contribution in [3.63, 3.8) is 0 Å². The van der Waals surface area contributed by atoms with E-state index in [0.717, 1.165) is 5.56 Å². The molecule has 0 aliphatic carbocycles. The van der Waals surface area contributed by atoms with Crippen LogP contribution in [0.15, 0.2) is 82.8 Å². The number of benzene rings is 3. The Balaban J connectivity index is 1.79. The van der Waals surface area contributed by atoms with Crippen LogP contribution in [0.5, 0.6) is 5.75 Å². The Hall–Kier alpha value is -3.89. The van der Waals surface area contributed by atoms with Gasteiger partial charge in [0.1, 0.15) is 5.75 Å². The maximum atomic E-state index is 13.0. The molecule has 0 aliphatic heterocycles. The van der Waals surface area contributed by atoms with E-state index >= 15 is 0 Å². The van der Waals surface area contributed by atoms with Crippen LogP contribution in [0.1, 0.15) is 25.0 Å². The molecule has 0 heterocycles. The third-order valence-electron chi connectivity index (χ3n) is 5.11. The molecular weight excluding hydrogens is 468 g/mol. The Kier molecular flexibility index (Phi) is 8.10. The molecule has 0 aromatic heterocycles. The van der Waals surface area contributed by atoms with Crippen molar-refractivity contribution in [1.29, 1.82) is 0 Å². The molecule has 9 nitrogen and oxygen atoms in total. The van der Waals surface area contributed by atoms with E-state index in [9.17, 15) is 13.2 Å². The normalized spacial score (nSPS) is 11.9. The molecule has 3 rings (SSSR count). The molecule has 5 N–H and O–H groups in total. The number of nitrogens with two attached hydrogens (primary N) is 2. The molecular formula is C25H28N4O5S. The molecule has 0 aliphatic rings. The molecule has 0 spiro atoms. The first kappa shape index (κ1) is 25.7. The lowest BCUT2D eigenvalue weighted by atomic mass is 10.1. The number of sulfonamides is 1. The fraction of sp³-hybridized carbons (Fsp3) is 0.200. The van der Waals surface area contributed by atoms with E-state index in [1.165, 1.54) is 6.07 Å². The van der Waals surface area contributed by atoms with Crippen molar-refractivity contribution in [1.82, 2.24) is 4.90 Å². The molecule has 0 saturated carbocycles. The quantitative estimate of drug-likeness (QED) is 0.187. The molecule has 0 atom stereocenters. The van der Waals surface area contributed by atoms with Gasteiger partial charge in [0.05, 0.1) is 4.90 Å². The Bertz CT molecular complexity index is 1320. The monoisotopic (exact) mass is 496 g/mol. The zero-order chi connectivity index (χ0) is 25.6. The van der Waals surface area contributed by atoms with Gasteiger partial charge in [-0.25, -0.2) is 18.4 Å². The van der Waals surface area contributed by atoms with Crippen molar-refractivity contribution >= 4 is 22.0 Å². The van der Waals surface area contributed by atoms with Gasteiger partial charge in [-0.2, -0.15) is 0 Å². The Morgan fingerprint density at radius 1 is 1.06 bits per heavy atom. The second-order valence-electron chi connectivity index (χ2n) is 8.39. The highest BCUT2D eigenvalue weighted by atomic mass is 32.2. The van der Waals surface area contributed by atoms with Crippen LogP contribution >= 0.6 is 0 Å². The number of nitrogens with zero attached hydrogens (tertiary/aromatic N) is 2. The summed E-state index contributed by atoms with van der Waals surface area (Å²) in [5.41, 5.74) is 8.09. The van der Waals surface area contributed by atoms with E-state index in [0.29, 0.717) is 29.0 Å². The van der Waals surface area contributed by atoms with Gasteiger partial charge in [-0.15, -0.1) is 0 Å². The van der Waals surface area contributed by atoms with Gasteiger partial charge < -0.3 is 20.6 Å².